The lowest BCUT2D eigenvalue weighted by atomic mass is 9.99. The molecule has 0 spiro atoms. The second-order valence-electron chi connectivity index (χ2n) is 8.96. The summed E-state index contributed by atoms with van der Waals surface area (Å²) in [6, 6.07) is 4.26. The maximum Gasteiger partial charge on any atom is 0.211 e. The number of hydrogen-bond acceptors (Lipinski definition) is 9. The van der Waals surface area contributed by atoms with Gasteiger partial charge in [0.05, 0.1) is 18.0 Å². The maximum atomic E-state index is 14.7. The van der Waals surface area contributed by atoms with Gasteiger partial charge in [-0.3, -0.25) is 0 Å². The molecule has 2 unspecified atom stereocenters. The number of rotatable bonds is 4. The Balaban J connectivity index is 1.39. The normalized spacial score (nSPS) is 21.1. The molecule has 10 nitrogen and oxygen atoms in total. The van der Waals surface area contributed by atoms with Crippen LogP contribution in [0.25, 0.3) is 11.6 Å². The first kappa shape index (κ1) is 23.5. The molecule has 12 heteroatoms. The van der Waals surface area contributed by atoms with Crippen molar-refractivity contribution in [1.82, 2.24) is 29.2 Å². The van der Waals surface area contributed by atoms with E-state index in [2.05, 4.69) is 19.9 Å². The van der Waals surface area contributed by atoms with E-state index in [1.54, 1.807) is 24.7 Å². The number of piperazine rings is 1. The maximum absolute atomic E-state index is 14.7. The quantitative estimate of drug-likeness (QED) is 0.534. The van der Waals surface area contributed by atoms with E-state index in [9.17, 15) is 12.8 Å². The Morgan fingerprint density at radius 3 is 2.43 bits per heavy atom. The minimum absolute atomic E-state index is 0.104. The van der Waals surface area contributed by atoms with Crippen LogP contribution >= 0.6 is 0 Å². The van der Waals surface area contributed by atoms with Gasteiger partial charge in [-0.1, -0.05) is 0 Å². The highest BCUT2D eigenvalue weighted by atomic mass is 32.2. The van der Waals surface area contributed by atoms with Crippen LogP contribution in [0.4, 0.5) is 16.0 Å². The zero-order chi connectivity index (χ0) is 24.7. The molecule has 0 aliphatic carbocycles. The van der Waals surface area contributed by atoms with E-state index in [-0.39, 0.29) is 17.9 Å². The van der Waals surface area contributed by atoms with E-state index in [1.807, 2.05) is 23.6 Å². The fraction of sp³-hybridized carbons (Fsp3) is 0.435. The van der Waals surface area contributed by atoms with E-state index in [0.29, 0.717) is 55.9 Å². The van der Waals surface area contributed by atoms with E-state index in [0.717, 1.165) is 11.3 Å². The standard InChI is InChI=1S/C23H27FN8O2S/c1-15-14-30(9-10-32(15)35(3,33)34)20-11-17(24)12-21(29-20)31-8-5-19-18(16(31)2)13-27-23(28-19)22-25-6-4-7-26-22/h4,6-7,11-13,15-16H,5,8-10,14H2,1-3H3. The minimum atomic E-state index is -3.29. The molecule has 3 aromatic heterocycles. The van der Waals surface area contributed by atoms with Gasteiger partial charge >= 0.3 is 0 Å². The number of nitrogens with zero attached hydrogens (tertiary/aromatic N) is 8. The Bertz CT molecular complexity index is 1340. The summed E-state index contributed by atoms with van der Waals surface area (Å²) in [5, 5.41) is 0. The van der Waals surface area contributed by atoms with Crippen molar-refractivity contribution in [3.05, 3.63) is 53.9 Å². The van der Waals surface area contributed by atoms with Crippen LogP contribution in [0, 0.1) is 5.82 Å². The molecular weight excluding hydrogens is 471 g/mol. The number of hydrogen-bond donors (Lipinski definition) is 0. The van der Waals surface area contributed by atoms with Crippen molar-refractivity contribution in [1.29, 1.82) is 0 Å². The summed E-state index contributed by atoms with van der Waals surface area (Å²) in [4.78, 5) is 26.4. The smallest absolute Gasteiger partial charge is 0.211 e. The summed E-state index contributed by atoms with van der Waals surface area (Å²) in [6.45, 7) is 5.73. The van der Waals surface area contributed by atoms with E-state index in [4.69, 9.17) is 4.98 Å². The van der Waals surface area contributed by atoms with Crippen LogP contribution < -0.4 is 9.80 Å². The third kappa shape index (κ3) is 4.67. The molecule has 3 aromatic rings. The summed E-state index contributed by atoms with van der Waals surface area (Å²) >= 11 is 0. The molecule has 1 saturated heterocycles. The van der Waals surface area contributed by atoms with Gasteiger partial charge in [-0.25, -0.2) is 37.7 Å². The Hall–Kier alpha value is -3.25. The Labute approximate surface area is 203 Å². The van der Waals surface area contributed by atoms with Crippen LogP contribution in [0.5, 0.6) is 0 Å². The van der Waals surface area contributed by atoms with E-state index in [1.165, 1.54) is 22.7 Å². The molecule has 2 aliphatic rings. The molecule has 5 rings (SSSR count). The largest absolute Gasteiger partial charge is 0.354 e. The van der Waals surface area contributed by atoms with Crippen LogP contribution in [-0.4, -0.2) is 76.1 Å². The van der Waals surface area contributed by atoms with Gasteiger partial charge < -0.3 is 9.80 Å². The fourth-order valence-electron chi connectivity index (χ4n) is 4.82. The van der Waals surface area contributed by atoms with Gasteiger partial charge in [0.2, 0.25) is 10.0 Å². The number of sulfonamides is 1. The van der Waals surface area contributed by atoms with Crippen LogP contribution in [0.3, 0.4) is 0 Å². The van der Waals surface area contributed by atoms with Crippen molar-refractivity contribution in [2.24, 2.45) is 0 Å². The monoisotopic (exact) mass is 498 g/mol. The van der Waals surface area contributed by atoms with Crippen LogP contribution in [-0.2, 0) is 16.4 Å². The molecule has 5 heterocycles. The van der Waals surface area contributed by atoms with Crippen molar-refractivity contribution >= 4 is 21.7 Å². The molecule has 2 aliphatic heterocycles. The zero-order valence-corrected chi connectivity index (χ0v) is 20.7. The molecule has 0 amide bonds. The Kier molecular flexibility index (Phi) is 6.09. The van der Waals surface area contributed by atoms with Gasteiger partial charge in [0.25, 0.3) is 0 Å². The van der Waals surface area contributed by atoms with Gasteiger partial charge in [-0.05, 0) is 19.9 Å². The van der Waals surface area contributed by atoms with Crippen LogP contribution in [0.15, 0.2) is 36.8 Å². The number of halogens is 1. The minimum Gasteiger partial charge on any atom is -0.354 e. The lowest BCUT2D eigenvalue weighted by molar-refractivity contribution is 0.308. The van der Waals surface area contributed by atoms with Crippen molar-refractivity contribution in [2.75, 3.05) is 42.2 Å². The summed E-state index contributed by atoms with van der Waals surface area (Å²) in [6.07, 6.45) is 6.97. The lowest BCUT2D eigenvalue weighted by Crippen LogP contribution is -2.54. The van der Waals surface area contributed by atoms with Crippen molar-refractivity contribution in [3.63, 3.8) is 0 Å². The first-order valence-corrected chi connectivity index (χ1v) is 13.3. The number of anilines is 2. The molecule has 0 bridgehead atoms. The van der Waals surface area contributed by atoms with Crippen LogP contribution in [0.2, 0.25) is 0 Å². The van der Waals surface area contributed by atoms with Gasteiger partial charge in [-0.2, -0.15) is 4.31 Å². The average molecular weight is 499 g/mol. The highest BCUT2D eigenvalue weighted by molar-refractivity contribution is 7.88. The molecule has 184 valence electrons. The summed E-state index contributed by atoms with van der Waals surface area (Å²) in [5.74, 6) is 1.62. The van der Waals surface area contributed by atoms with E-state index >= 15 is 0 Å². The molecule has 2 atom stereocenters. The topological polar surface area (TPSA) is 108 Å². The molecule has 0 radical (unpaired) electrons. The van der Waals surface area contributed by atoms with Crippen LogP contribution in [0.1, 0.15) is 31.1 Å². The summed E-state index contributed by atoms with van der Waals surface area (Å²) in [5.41, 5.74) is 1.88. The van der Waals surface area contributed by atoms with Gasteiger partial charge in [-0.15, -0.1) is 0 Å². The first-order chi connectivity index (χ1) is 16.7. The summed E-state index contributed by atoms with van der Waals surface area (Å²) in [7, 11) is -3.29. The molecule has 0 N–H and O–H groups in total. The highest BCUT2D eigenvalue weighted by Gasteiger charge is 2.32. The average Bonchev–Trinajstić information content (AvgIpc) is 2.83. The van der Waals surface area contributed by atoms with Crippen molar-refractivity contribution < 1.29 is 12.8 Å². The van der Waals surface area contributed by atoms with Crippen molar-refractivity contribution in [3.8, 4) is 11.6 Å². The number of pyridine rings is 1. The number of aromatic nitrogens is 5. The summed E-state index contributed by atoms with van der Waals surface area (Å²) < 4.78 is 40.2. The van der Waals surface area contributed by atoms with E-state index < -0.39 is 10.0 Å². The zero-order valence-electron chi connectivity index (χ0n) is 19.8. The molecule has 0 saturated carbocycles. The predicted octanol–water partition coefficient (Wildman–Crippen LogP) is 2.06. The highest BCUT2D eigenvalue weighted by Crippen LogP contribution is 2.33. The first-order valence-electron chi connectivity index (χ1n) is 11.5. The number of fused-ring (bicyclic) bond motifs is 1. The predicted molar refractivity (Wildman–Crippen MR) is 130 cm³/mol. The third-order valence-electron chi connectivity index (χ3n) is 6.55. The second kappa shape index (κ2) is 9.08. The molecule has 0 aromatic carbocycles. The fourth-order valence-corrected chi connectivity index (χ4v) is 5.95. The molecule has 1 fully saturated rings. The van der Waals surface area contributed by atoms with Gasteiger partial charge in [0.1, 0.15) is 17.5 Å². The molecular formula is C23H27FN8O2S. The SMILES string of the molecule is CC1c2cnc(-c3ncccn3)nc2CCN1c1cc(F)cc(N2CCN(S(C)(=O)=O)C(C)C2)n1. The third-order valence-corrected chi connectivity index (χ3v) is 7.94. The molecule has 35 heavy (non-hydrogen) atoms. The second-order valence-corrected chi connectivity index (χ2v) is 10.9. The van der Waals surface area contributed by atoms with Gasteiger partial charge in [0.15, 0.2) is 11.6 Å². The Morgan fingerprint density at radius 1 is 0.971 bits per heavy atom. The Morgan fingerprint density at radius 2 is 1.71 bits per heavy atom. The van der Waals surface area contributed by atoms with Gasteiger partial charge in [0, 0.05) is 74.9 Å². The van der Waals surface area contributed by atoms with Crippen molar-refractivity contribution in [2.45, 2.75) is 32.4 Å². The lowest BCUT2D eigenvalue weighted by Gasteiger charge is -2.40.